The van der Waals surface area contributed by atoms with E-state index in [0.717, 1.165) is 11.3 Å². The summed E-state index contributed by atoms with van der Waals surface area (Å²) in [5.74, 6) is 0. The van der Waals surface area contributed by atoms with Crippen LogP contribution >= 0.6 is 0 Å². The first kappa shape index (κ1) is 13.8. The number of benzene rings is 2. The van der Waals surface area contributed by atoms with Crippen LogP contribution in [0.15, 0.2) is 59.7 Å². The van der Waals surface area contributed by atoms with E-state index in [0.29, 0.717) is 12.1 Å². The molecule has 6 nitrogen and oxygen atoms in total. The van der Waals surface area contributed by atoms with Crippen molar-refractivity contribution in [2.75, 3.05) is 5.01 Å². The van der Waals surface area contributed by atoms with Crippen molar-refractivity contribution in [2.24, 2.45) is 5.10 Å². The van der Waals surface area contributed by atoms with Gasteiger partial charge in [0.05, 0.1) is 22.4 Å². The topological polar surface area (TPSA) is 82.5 Å². The molecule has 0 radical (unpaired) electrons. The van der Waals surface area contributed by atoms with Crippen LogP contribution in [0.3, 0.4) is 0 Å². The highest BCUT2D eigenvalue weighted by Gasteiger charge is 2.28. The highest BCUT2D eigenvalue weighted by atomic mass is 16.6. The number of nitriles is 1. The van der Waals surface area contributed by atoms with Gasteiger partial charge in [-0.2, -0.15) is 10.4 Å². The molecule has 22 heavy (non-hydrogen) atoms. The van der Waals surface area contributed by atoms with E-state index in [1.165, 1.54) is 12.1 Å². The highest BCUT2D eigenvalue weighted by molar-refractivity contribution is 6.03. The van der Waals surface area contributed by atoms with Crippen LogP contribution in [0.25, 0.3) is 0 Å². The second kappa shape index (κ2) is 5.66. The summed E-state index contributed by atoms with van der Waals surface area (Å²) >= 11 is 0. The number of nitro groups is 1. The summed E-state index contributed by atoms with van der Waals surface area (Å²) in [4.78, 5) is 10.3. The van der Waals surface area contributed by atoms with Gasteiger partial charge in [0.2, 0.25) is 0 Å². The third-order valence-corrected chi connectivity index (χ3v) is 3.49. The maximum atomic E-state index is 10.7. The Kier molecular flexibility index (Phi) is 3.54. The quantitative estimate of drug-likeness (QED) is 0.643. The average molecular weight is 292 g/mol. The fraction of sp³-hybridized carbons (Fsp3) is 0.125. The SMILES string of the molecule is N#CC1CC(c2ccccc2)=NN1c1ccc([N+](=O)[O-])cc1. The average Bonchev–Trinajstić information content (AvgIpc) is 3.00. The number of rotatable bonds is 3. The molecule has 1 aliphatic heterocycles. The molecule has 0 bridgehead atoms. The van der Waals surface area contributed by atoms with E-state index in [4.69, 9.17) is 0 Å². The Hall–Kier alpha value is -3.20. The maximum Gasteiger partial charge on any atom is 0.269 e. The Morgan fingerprint density at radius 1 is 1.18 bits per heavy atom. The lowest BCUT2D eigenvalue weighted by molar-refractivity contribution is -0.384. The molecule has 2 aromatic rings. The number of anilines is 1. The van der Waals surface area contributed by atoms with E-state index in [1.54, 1.807) is 17.1 Å². The number of hydrogen-bond acceptors (Lipinski definition) is 5. The molecule has 1 atom stereocenters. The van der Waals surface area contributed by atoms with E-state index >= 15 is 0 Å². The van der Waals surface area contributed by atoms with E-state index < -0.39 is 11.0 Å². The summed E-state index contributed by atoms with van der Waals surface area (Å²) in [7, 11) is 0. The standard InChI is InChI=1S/C16H12N4O2/c17-11-15-10-16(12-4-2-1-3-5-12)18-19(15)13-6-8-14(9-7-13)20(21)22/h1-9,15H,10H2. The monoisotopic (exact) mass is 292 g/mol. The first-order valence-electron chi connectivity index (χ1n) is 6.75. The summed E-state index contributed by atoms with van der Waals surface area (Å²) in [5.41, 5.74) is 2.50. The zero-order valence-electron chi connectivity index (χ0n) is 11.6. The second-order valence-corrected chi connectivity index (χ2v) is 4.88. The van der Waals surface area contributed by atoms with Gasteiger partial charge in [0, 0.05) is 18.6 Å². The van der Waals surface area contributed by atoms with E-state index in [1.807, 2.05) is 30.3 Å². The van der Waals surface area contributed by atoms with Crippen molar-refractivity contribution in [2.45, 2.75) is 12.5 Å². The van der Waals surface area contributed by atoms with Crippen molar-refractivity contribution in [3.05, 3.63) is 70.3 Å². The minimum Gasteiger partial charge on any atom is -0.258 e. The molecule has 2 aromatic carbocycles. The van der Waals surface area contributed by atoms with Gasteiger partial charge in [0.25, 0.3) is 5.69 Å². The lowest BCUT2D eigenvalue weighted by Gasteiger charge is -2.17. The van der Waals surface area contributed by atoms with Gasteiger partial charge in [-0.05, 0) is 17.7 Å². The van der Waals surface area contributed by atoms with Gasteiger partial charge in [0.15, 0.2) is 0 Å². The summed E-state index contributed by atoms with van der Waals surface area (Å²) in [6, 6.07) is 17.6. The van der Waals surface area contributed by atoms with Crippen LogP contribution < -0.4 is 5.01 Å². The van der Waals surface area contributed by atoms with Crippen LogP contribution in [0, 0.1) is 21.4 Å². The Bertz CT molecular complexity index is 763. The van der Waals surface area contributed by atoms with Gasteiger partial charge in [-0.1, -0.05) is 30.3 Å². The van der Waals surface area contributed by atoms with E-state index in [-0.39, 0.29) is 5.69 Å². The summed E-state index contributed by atoms with van der Waals surface area (Å²) < 4.78 is 0. The molecule has 0 fully saturated rings. The third-order valence-electron chi connectivity index (χ3n) is 3.49. The number of hydrazone groups is 1. The molecule has 0 amide bonds. The van der Waals surface area contributed by atoms with Gasteiger partial charge in [-0.25, -0.2) is 5.01 Å². The van der Waals surface area contributed by atoms with Crippen molar-refractivity contribution >= 4 is 17.1 Å². The van der Waals surface area contributed by atoms with E-state index in [2.05, 4.69) is 11.2 Å². The van der Waals surface area contributed by atoms with Crippen LogP contribution in [0.5, 0.6) is 0 Å². The van der Waals surface area contributed by atoms with Crippen molar-refractivity contribution in [3.63, 3.8) is 0 Å². The predicted octanol–water partition coefficient (Wildman–Crippen LogP) is 3.10. The Balaban J connectivity index is 1.93. The maximum absolute atomic E-state index is 10.7. The van der Waals surface area contributed by atoms with Gasteiger partial charge in [-0.15, -0.1) is 0 Å². The molecule has 1 aliphatic rings. The zero-order valence-corrected chi connectivity index (χ0v) is 11.6. The predicted molar refractivity (Wildman–Crippen MR) is 82.6 cm³/mol. The first-order chi connectivity index (χ1) is 10.7. The number of nitro benzene ring substituents is 1. The molecule has 1 heterocycles. The van der Waals surface area contributed by atoms with Crippen molar-refractivity contribution in [1.82, 2.24) is 0 Å². The number of non-ortho nitro benzene ring substituents is 1. The van der Waals surface area contributed by atoms with Crippen LogP contribution in [-0.2, 0) is 0 Å². The van der Waals surface area contributed by atoms with Crippen LogP contribution in [0.1, 0.15) is 12.0 Å². The second-order valence-electron chi connectivity index (χ2n) is 4.88. The molecule has 0 spiro atoms. The Labute approximate surface area is 127 Å². The summed E-state index contributed by atoms with van der Waals surface area (Å²) in [5, 5.41) is 26.2. The van der Waals surface area contributed by atoms with Crippen molar-refractivity contribution in [3.8, 4) is 6.07 Å². The zero-order chi connectivity index (χ0) is 15.5. The van der Waals surface area contributed by atoms with Crippen LogP contribution in [0.4, 0.5) is 11.4 Å². The minimum atomic E-state index is -0.450. The van der Waals surface area contributed by atoms with Crippen molar-refractivity contribution < 1.29 is 4.92 Å². The lowest BCUT2D eigenvalue weighted by atomic mass is 10.0. The molecule has 0 aromatic heterocycles. The Morgan fingerprint density at radius 2 is 1.86 bits per heavy atom. The molecule has 1 unspecified atom stereocenters. The van der Waals surface area contributed by atoms with Crippen LogP contribution in [0.2, 0.25) is 0 Å². The Morgan fingerprint density at radius 3 is 2.45 bits per heavy atom. The molecule has 3 rings (SSSR count). The lowest BCUT2D eigenvalue weighted by Crippen LogP contribution is -2.24. The van der Waals surface area contributed by atoms with Gasteiger partial charge in [0.1, 0.15) is 6.04 Å². The highest BCUT2D eigenvalue weighted by Crippen LogP contribution is 2.28. The molecular weight excluding hydrogens is 280 g/mol. The van der Waals surface area contributed by atoms with Crippen LogP contribution in [-0.4, -0.2) is 16.7 Å². The smallest absolute Gasteiger partial charge is 0.258 e. The fourth-order valence-corrected chi connectivity index (χ4v) is 2.38. The van der Waals surface area contributed by atoms with E-state index in [9.17, 15) is 15.4 Å². The minimum absolute atomic E-state index is 0.0173. The molecule has 0 saturated carbocycles. The van der Waals surface area contributed by atoms with Gasteiger partial charge < -0.3 is 0 Å². The molecule has 0 aliphatic carbocycles. The first-order valence-corrected chi connectivity index (χ1v) is 6.75. The molecule has 6 heteroatoms. The molecule has 0 N–H and O–H groups in total. The normalized spacial score (nSPS) is 17.0. The fourth-order valence-electron chi connectivity index (χ4n) is 2.38. The number of nitrogens with zero attached hydrogens (tertiary/aromatic N) is 4. The van der Waals surface area contributed by atoms with Gasteiger partial charge in [-0.3, -0.25) is 10.1 Å². The summed E-state index contributed by atoms with van der Waals surface area (Å²) in [6.45, 7) is 0. The number of hydrogen-bond donors (Lipinski definition) is 0. The van der Waals surface area contributed by atoms with Gasteiger partial charge >= 0.3 is 0 Å². The molecule has 0 saturated heterocycles. The van der Waals surface area contributed by atoms with Crippen molar-refractivity contribution in [1.29, 1.82) is 5.26 Å². The third kappa shape index (κ3) is 2.52. The summed E-state index contributed by atoms with van der Waals surface area (Å²) in [6.07, 6.45) is 0.525. The largest absolute Gasteiger partial charge is 0.269 e. The molecule has 108 valence electrons. The molecular formula is C16H12N4O2.